The first kappa shape index (κ1) is 9.49. The van der Waals surface area contributed by atoms with Crippen molar-refractivity contribution in [2.24, 2.45) is 0 Å². The van der Waals surface area contributed by atoms with Crippen LogP contribution in [-0.2, 0) is 9.53 Å². The molecule has 0 spiro atoms. The minimum atomic E-state index is -0.601. The van der Waals surface area contributed by atoms with Crippen molar-refractivity contribution in [3.05, 3.63) is 28.0 Å². The number of carbonyl (C=O) groups excluding carboxylic acids is 1. The van der Waals surface area contributed by atoms with Crippen LogP contribution in [0.25, 0.3) is 6.08 Å². The summed E-state index contributed by atoms with van der Waals surface area (Å²) in [5.41, 5.74) is 0.0185. The lowest BCUT2D eigenvalue weighted by atomic mass is 10.2. The maximum Gasteiger partial charge on any atom is 0.348 e. The van der Waals surface area contributed by atoms with Crippen molar-refractivity contribution in [3.8, 4) is 6.07 Å². The number of esters is 1. The normalized spacial score (nSPS) is 10.6. The first-order chi connectivity index (χ1) is 6.27. The number of nitrogens with zero attached hydrogens (tertiary/aromatic N) is 1. The fraction of sp³-hybridized carbons (Fsp3) is 0.111. The van der Waals surface area contributed by atoms with Crippen LogP contribution in [0.15, 0.2) is 23.1 Å². The van der Waals surface area contributed by atoms with E-state index in [1.807, 2.05) is 17.5 Å². The van der Waals surface area contributed by atoms with E-state index in [1.54, 1.807) is 6.07 Å². The molecule has 1 heterocycles. The lowest BCUT2D eigenvalue weighted by Gasteiger charge is -1.93. The molecule has 0 fully saturated rings. The standard InChI is InChI=1S/C9H7NO2S/c1-12-9(11)7(6-10)5-8-3-2-4-13-8/h2-5H,1H3. The molecule has 3 nitrogen and oxygen atoms in total. The highest BCUT2D eigenvalue weighted by Gasteiger charge is 2.07. The molecule has 1 aromatic rings. The van der Waals surface area contributed by atoms with Crippen molar-refractivity contribution in [3.63, 3.8) is 0 Å². The summed E-state index contributed by atoms with van der Waals surface area (Å²) < 4.78 is 4.43. The molecule has 0 amide bonds. The van der Waals surface area contributed by atoms with Gasteiger partial charge >= 0.3 is 5.97 Å². The number of nitriles is 1. The van der Waals surface area contributed by atoms with E-state index in [2.05, 4.69) is 4.74 Å². The highest BCUT2D eigenvalue weighted by atomic mass is 32.1. The van der Waals surface area contributed by atoms with E-state index < -0.39 is 5.97 Å². The molecule has 0 N–H and O–H groups in total. The third-order valence-electron chi connectivity index (χ3n) is 1.36. The second kappa shape index (κ2) is 4.43. The summed E-state index contributed by atoms with van der Waals surface area (Å²) in [6, 6.07) is 5.46. The highest BCUT2D eigenvalue weighted by molar-refractivity contribution is 7.10. The zero-order valence-electron chi connectivity index (χ0n) is 6.98. The zero-order valence-corrected chi connectivity index (χ0v) is 7.80. The Balaban J connectivity index is 2.91. The molecule has 1 aromatic heterocycles. The van der Waals surface area contributed by atoms with Crippen LogP contribution in [0.5, 0.6) is 0 Å². The molecule has 0 aliphatic rings. The van der Waals surface area contributed by atoms with Gasteiger partial charge in [-0.3, -0.25) is 0 Å². The summed E-state index contributed by atoms with van der Waals surface area (Å²) in [6.45, 7) is 0. The Morgan fingerprint density at radius 3 is 3.00 bits per heavy atom. The van der Waals surface area contributed by atoms with Crippen molar-refractivity contribution in [2.75, 3.05) is 7.11 Å². The monoisotopic (exact) mass is 193 g/mol. The van der Waals surface area contributed by atoms with Crippen LogP contribution in [0.1, 0.15) is 4.88 Å². The summed E-state index contributed by atoms with van der Waals surface area (Å²) in [7, 11) is 1.25. The van der Waals surface area contributed by atoms with Gasteiger partial charge in [0.1, 0.15) is 11.6 Å². The molecule has 0 bridgehead atoms. The summed E-state index contributed by atoms with van der Waals surface area (Å²) in [5, 5.41) is 10.5. The molecule has 0 aliphatic heterocycles. The van der Waals surface area contributed by atoms with Crippen LogP contribution in [0.4, 0.5) is 0 Å². The van der Waals surface area contributed by atoms with E-state index in [9.17, 15) is 4.79 Å². The third-order valence-corrected chi connectivity index (χ3v) is 2.17. The molecule has 0 radical (unpaired) electrons. The number of hydrogen-bond acceptors (Lipinski definition) is 4. The largest absolute Gasteiger partial charge is 0.465 e. The van der Waals surface area contributed by atoms with Gasteiger partial charge in [-0.15, -0.1) is 11.3 Å². The van der Waals surface area contributed by atoms with Crippen LogP contribution in [0, 0.1) is 11.3 Å². The Bertz CT molecular complexity index is 359. The quantitative estimate of drug-likeness (QED) is 0.409. The van der Waals surface area contributed by atoms with Gasteiger partial charge in [0, 0.05) is 4.88 Å². The van der Waals surface area contributed by atoms with Gasteiger partial charge in [0.05, 0.1) is 7.11 Å². The Labute approximate surface area is 79.9 Å². The molecule has 0 saturated heterocycles. The van der Waals surface area contributed by atoms with E-state index >= 15 is 0 Å². The number of methoxy groups -OCH3 is 1. The average molecular weight is 193 g/mol. The Hall–Kier alpha value is -1.60. The van der Waals surface area contributed by atoms with Crippen molar-refractivity contribution < 1.29 is 9.53 Å². The SMILES string of the molecule is COC(=O)C(C#N)=Cc1cccs1. The van der Waals surface area contributed by atoms with Gasteiger partial charge < -0.3 is 4.74 Å². The number of rotatable bonds is 2. The molecular formula is C9H7NO2S. The van der Waals surface area contributed by atoms with Crippen LogP contribution < -0.4 is 0 Å². The minimum absolute atomic E-state index is 0.0185. The maximum absolute atomic E-state index is 11.0. The van der Waals surface area contributed by atoms with Gasteiger partial charge in [0.2, 0.25) is 0 Å². The van der Waals surface area contributed by atoms with E-state index in [-0.39, 0.29) is 5.57 Å². The molecule has 1 rings (SSSR count). The Kier molecular flexibility index (Phi) is 3.23. The fourth-order valence-corrected chi connectivity index (χ4v) is 1.42. The molecule has 66 valence electrons. The molecule has 13 heavy (non-hydrogen) atoms. The smallest absolute Gasteiger partial charge is 0.348 e. The second-order valence-corrected chi connectivity index (χ2v) is 3.16. The first-order valence-corrected chi connectivity index (χ1v) is 4.39. The summed E-state index contributed by atoms with van der Waals surface area (Å²) in [6.07, 6.45) is 1.51. The van der Waals surface area contributed by atoms with E-state index in [0.717, 1.165) is 4.88 Å². The number of hydrogen-bond donors (Lipinski definition) is 0. The summed E-state index contributed by atoms with van der Waals surface area (Å²) >= 11 is 1.46. The lowest BCUT2D eigenvalue weighted by Crippen LogP contribution is -2.02. The minimum Gasteiger partial charge on any atom is -0.465 e. The van der Waals surface area contributed by atoms with Gasteiger partial charge in [-0.2, -0.15) is 5.26 Å². The van der Waals surface area contributed by atoms with Crippen molar-refractivity contribution in [1.29, 1.82) is 5.26 Å². The number of thiophene rings is 1. The van der Waals surface area contributed by atoms with Crippen LogP contribution >= 0.6 is 11.3 Å². The molecule has 0 saturated carbocycles. The predicted octanol–water partition coefficient (Wildman–Crippen LogP) is 1.83. The second-order valence-electron chi connectivity index (χ2n) is 2.18. The topological polar surface area (TPSA) is 50.1 Å². The van der Waals surface area contributed by atoms with Crippen molar-refractivity contribution >= 4 is 23.4 Å². The van der Waals surface area contributed by atoms with Gasteiger partial charge in [0.15, 0.2) is 0 Å². The summed E-state index contributed by atoms with van der Waals surface area (Å²) in [4.78, 5) is 11.8. The molecule has 4 heteroatoms. The van der Waals surface area contributed by atoms with Gasteiger partial charge in [-0.1, -0.05) is 6.07 Å². The molecule has 0 unspecified atom stereocenters. The first-order valence-electron chi connectivity index (χ1n) is 3.51. The summed E-state index contributed by atoms with van der Waals surface area (Å²) in [5.74, 6) is -0.601. The van der Waals surface area contributed by atoms with Crippen molar-refractivity contribution in [1.82, 2.24) is 0 Å². The molecule has 0 atom stereocenters. The Morgan fingerprint density at radius 2 is 2.54 bits per heavy atom. The maximum atomic E-state index is 11.0. The highest BCUT2D eigenvalue weighted by Crippen LogP contribution is 2.13. The van der Waals surface area contributed by atoms with E-state index in [1.165, 1.54) is 24.5 Å². The van der Waals surface area contributed by atoms with Crippen LogP contribution in [-0.4, -0.2) is 13.1 Å². The average Bonchev–Trinajstić information content (AvgIpc) is 2.65. The number of ether oxygens (including phenoxy) is 1. The van der Waals surface area contributed by atoms with Gasteiger partial charge in [0.25, 0.3) is 0 Å². The van der Waals surface area contributed by atoms with Crippen LogP contribution in [0.2, 0.25) is 0 Å². The molecular weight excluding hydrogens is 186 g/mol. The van der Waals surface area contributed by atoms with E-state index in [0.29, 0.717) is 0 Å². The van der Waals surface area contributed by atoms with Gasteiger partial charge in [-0.25, -0.2) is 4.79 Å². The fourth-order valence-electron chi connectivity index (χ4n) is 0.762. The lowest BCUT2D eigenvalue weighted by molar-refractivity contribution is -0.135. The number of carbonyl (C=O) groups is 1. The third kappa shape index (κ3) is 2.42. The zero-order chi connectivity index (χ0) is 9.68. The molecule has 0 aromatic carbocycles. The predicted molar refractivity (Wildman–Crippen MR) is 49.9 cm³/mol. The van der Waals surface area contributed by atoms with E-state index in [4.69, 9.17) is 5.26 Å². The Morgan fingerprint density at radius 1 is 1.77 bits per heavy atom. The molecule has 0 aliphatic carbocycles. The van der Waals surface area contributed by atoms with Gasteiger partial charge in [-0.05, 0) is 17.5 Å². The van der Waals surface area contributed by atoms with Crippen molar-refractivity contribution in [2.45, 2.75) is 0 Å². The van der Waals surface area contributed by atoms with Crippen LogP contribution in [0.3, 0.4) is 0 Å².